The van der Waals surface area contributed by atoms with E-state index < -0.39 is 0 Å². The molecule has 1 N–H and O–H groups in total. The lowest BCUT2D eigenvalue weighted by atomic mass is 9.69. The van der Waals surface area contributed by atoms with Gasteiger partial charge in [-0.2, -0.15) is 0 Å². The number of rotatable bonds is 2. The molecule has 3 atom stereocenters. The highest BCUT2D eigenvalue weighted by Gasteiger charge is 2.45. The summed E-state index contributed by atoms with van der Waals surface area (Å²) in [4.78, 5) is 4.37. The summed E-state index contributed by atoms with van der Waals surface area (Å²) < 4.78 is 6.25. The maximum Gasteiger partial charge on any atom is 0.130 e. The Balaban J connectivity index is 0.00000110. The lowest BCUT2D eigenvalue weighted by Gasteiger charge is -2.49. The fourth-order valence-corrected chi connectivity index (χ4v) is 3.21. The number of halogens is 1. The van der Waals surface area contributed by atoms with Crippen LogP contribution in [0.2, 0.25) is 0 Å². The van der Waals surface area contributed by atoms with Crippen LogP contribution in [0.25, 0.3) is 10.9 Å². The summed E-state index contributed by atoms with van der Waals surface area (Å²) in [7, 11) is 0. The smallest absolute Gasteiger partial charge is 0.130 e. The summed E-state index contributed by atoms with van der Waals surface area (Å²) in [6, 6.07) is 10.2. The fourth-order valence-electron chi connectivity index (χ4n) is 3.21. The third-order valence-corrected chi connectivity index (χ3v) is 4.22. The molecule has 19 heavy (non-hydrogen) atoms. The van der Waals surface area contributed by atoms with Crippen LogP contribution in [0.3, 0.4) is 0 Å². The zero-order valence-corrected chi connectivity index (χ0v) is 11.4. The second-order valence-electron chi connectivity index (χ2n) is 5.32. The molecular weight excluding hydrogens is 260 g/mol. The van der Waals surface area contributed by atoms with Crippen LogP contribution in [0.4, 0.5) is 0 Å². The number of hydrogen-bond donors (Lipinski definition) is 1. The molecule has 1 aromatic heterocycles. The molecule has 2 heterocycles. The van der Waals surface area contributed by atoms with Crippen molar-refractivity contribution in [2.24, 2.45) is 11.8 Å². The number of ether oxygens (including phenoxy) is 1. The minimum absolute atomic E-state index is 0. The summed E-state index contributed by atoms with van der Waals surface area (Å²) in [6.45, 7) is 2.20. The van der Waals surface area contributed by atoms with Crippen LogP contribution in [-0.2, 0) is 0 Å². The van der Waals surface area contributed by atoms with Gasteiger partial charge in [0.15, 0.2) is 0 Å². The second kappa shape index (κ2) is 4.99. The number of nitrogens with one attached hydrogen (secondary N) is 1. The highest BCUT2D eigenvalue weighted by molar-refractivity contribution is 5.85. The van der Waals surface area contributed by atoms with Gasteiger partial charge in [0.1, 0.15) is 11.9 Å². The standard InChI is InChI=1S/C15H16N2O.ClH/c1-2-4-13-12(3-1)14(5-6-17-13)18-15-10-7-11(15)9-16-8-10;/h1-6,10-11,15-16H,7-9H2;1H/t10-,11+,15?;. The molecule has 1 aliphatic heterocycles. The molecule has 100 valence electrons. The summed E-state index contributed by atoms with van der Waals surface area (Å²) in [5.74, 6) is 2.37. The third-order valence-electron chi connectivity index (χ3n) is 4.22. The Kier molecular flexibility index (Phi) is 3.33. The van der Waals surface area contributed by atoms with E-state index in [0.29, 0.717) is 17.9 Å². The van der Waals surface area contributed by atoms with Crippen LogP contribution in [0.5, 0.6) is 5.75 Å². The summed E-state index contributed by atoms with van der Waals surface area (Å²) in [6.07, 6.45) is 3.56. The normalized spacial score (nSPS) is 28.3. The van der Waals surface area contributed by atoms with Gasteiger partial charge < -0.3 is 10.1 Å². The Morgan fingerprint density at radius 3 is 2.68 bits per heavy atom. The number of nitrogens with zero attached hydrogens (tertiary/aromatic N) is 1. The molecule has 4 rings (SSSR count). The molecule has 1 unspecified atom stereocenters. The van der Waals surface area contributed by atoms with E-state index in [1.807, 2.05) is 30.5 Å². The average molecular weight is 277 g/mol. The summed E-state index contributed by atoms with van der Waals surface area (Å²) in [5, 5.41) is 4.57. The first-order valence-electron chi connectivity index (χ1n) is 6.63. The van der Waals surface area contributed by atoms with Crippen LogP contribution in [0, 0.1) is 11.8 Å². The lowest BCUT2D eigenvalue weighted by molar-refractivity contribution is -0.0437. The average Bonchev–Trinajstić information content (AvgIpc) is 2.45. The van der Waals surface area contributed by atoms with Crippen LogP contribution in [0.15, 0.2) is 36.5 Å². The topological polar surface area (TPSA) is 34.1 Å². The maximum atomic E-state index is 6.25. The van der Waals surface area contributed by atoms with Crippen molar-refractivity contribution in [3.63, 3.8) is 0 Å². The van der Waals surface area contributed by atoms with Crippen molar-refractivity contribution in [2.45, 2.75) is 12.5 Å². The van der Waals surface area contributed by atoms with Gasteiger partial charge in [0, 0.05) is 36.5 Å². The van der Waals surface area contributed by atoms with Gasteiger partial charge in [-0.1, -0.05) is 12.1 Å². The van der Waals surface area contributed by atoms with Gasteiger partial charge in [-0.15, -0.1) is 12.4 Å². The minimum atomic E-state index is 0. The molecule has 1 saturated carbocycles. The van der Waals surface area contributed by atoms with Gasteiger partial charge >= 0.3 is 0 Å². The minimum Gasteiger partial charge on any atom is -0.489 e. The number of fused-ring (bicyclic) bond motifs is 3. The summed E-state index contributed by atoms with van der Waals surface area (Å²) >= 11 is 0. The molecule has 2 aromatic rings. The number of aromatic nitrogens is 1. The van der Waals surface area contributed by atoms with Gasteiger partial charge in [-0.3, -0.25) is 4.98 Å². The molecule has 4 heteroatoms. The Bertz CT molecular complexity index is 570. The van der Waals surface area contributed by atoms with E-state index in [9.17, 15) is 0 Å². The predicted molar refractivity (Wildman–Crippen MR) is 77.9 cm³/mol. The second-order valence-corrected chi connectivity index (χ2v) is 5.32. The van der Waals surface area contributed by atoms with Crippen molar-refractivity contribution in [3.05, 3.63) is 36.5 Å². The monoisotopic (exact) mass is 276 g/mol. The van der Waals surface area contributed by atoms with Crippen molar-refractivity contribution in [1.82, 2.24) is 10.3 Å². The molecule has 2 aliphatic rings. The first kappa shape index (κ1) is 12.7. The van der Waals surface area contributed by atoms with Crippen LogP contribution in [-0.4, -0.2) is 24.2 Å². The maximum absolute atomic E-state index is 6.25. The van der Waals surface area contributed by atoms with Gasteiger partial charge in [0.2, 0.25) is 0 Å². The van der Waals surface area contributed by atoms with E-state index in [1.54, 1.807) is 0 Å². The van der Waals surface area contributed by atoms with E-state index in [-0.39, 0.29) is 12.4 Å². The van der Waals surface area contributed by atoms with Crippen molar-refractivity contribution in [3.8, 4) is 5.75 Å². The number of benzene rings is 1. The number of hydrogen-bond acceptors (Lipinski definition) is 3. The van der Waals surface area contributed by atoms with Gasteiger partial charge in [0.25, 0.3) is 0 Å². The number of pyridine rings is 1. The Morgan fingerprint density at radius 1 is 1.11 bits per heavy atom. The van der Waals surface area contributed by atoms with Crippen molar-refractivity contribution < 1.29 is 4.74 Å². The fraction of sp³-hybridized carbons (Fsp3) is 0.400. The van der Waals surface area contributed by atoms with Crippen LogP contribution >= 0.6 is 12.4 Å². The van der Waals surface area contributed by atoms with E-state index in [1.165, 1.54) is 6.42 Å². The molecule has 0 spiro atoms. The quantitative estimate of drug-likeness (QED) is 0.916. The van der Waals surface area contributed by atoms with E-state index in [0.717, 1.165) is 29.7 Å². The van der Waals surface area contributed by atoms with E-state index >= 15 is 0 Å². The lowest BCUT2D eigenvalue weighted by Crippen LogP contribution is -2.59. The molecule has 3 nitrogen and oxygen atoms in total. The Morgan fingerprint density at radius 2 is 1.89 bits per heavy atom. The molecule has 2 bridgehead atoms. The molecule has 2 fully saturated rings. The number of piperidine rings is 2. The highest BCUT2D eigenvalue weighted by Crippen LogP contribution is 2.40. The van der Waals surface area contributed by atoms with E-state index in [2.05, 4.69) is 16.4 Å². The van der Waals surface area contributed by atoms with Crippen molar-refractivity contribution in [1.29, 1.82) is 0 Å². The van der Waals surface area contributed by atoms with E-state index in [4.69, 9.17) is 4.74 Å². The van der Waals surface area contributed by atoms with Gasteiger partial charge in [-0.25, -0.2) is 0 Å². The Labute approximate surface area is 118 Å². The van der Waals surface area contributed by atoms with Crippen LogP contribution < -0.4 is 10.1 Å². The SMILES string of the molecule is Cl.c1ccc2c(OC3[C@@H]4CNC[C@H]3C4)ccnc2c1. The molecule has 0 radical (unpaired) electrons. The zero-order chi connectivity index (χ0) is 11.9. The number of para-hydroxylation sites is 1. The highest BCUT2D eigenvalue weighted by atomic mass is 35.5. The van der Waals surface area contributed by atoms with Crippen molar-refractivity contribution >= 4 is 23.3 Å². The third kappa shape index (κ3) is 2.07. The molecule has 1 aliphatic carbocycles. The molecular formula is C15H17ClN2O. The first-order chi connectivity index (χ1) is 8.92. The largest absolute Gasteiger partial charge is 0.489 e. The first-order valence-corrected chi connectivity index (χ1v) is 6.63. The van der Waals surface area contributed by atoms with Gasteiger partial charge in [-0.05, 0) is 24.6 Å². The zero-order valence-electron chi connectivity index (χ0n) is 10.6. The molecule has 1 aromatic carbocycles. The molecule has 1 saturated heterocycles. The van der Waals surface area contributed by atoms with Crippen LogP contribution in [0.1, 0.15) is 6.42 Å². The Hall–Kier alpha value is -1.32. The molecule has 0 amide bonds. The van der Waals surface area contributed by atoms with Gasteiger partial charge in [0.05, 0.1) is 5.52 Å². The van der Waals surface area contributed by atoms with Crippen molar-refractivity contribution in [2.75, 3.05) is 13.1 Å². The predicted octanol–water partition coefficient (Wildman–Crippen LogP) is 2.64. The summed E-state index contributed by atoms with van der Waals surface area (Å²) in [5.41, 5.74) is 1.01.